The van der Waals surface area contributed by atoms with Crippen LogP contribution in [0.1, 0.15) is 42.3 Å². The summed E-state index contributed by atoms with van der Waals surface area (Å²) in [5.41, 5.74) is 2.60. The largest absolute Gasteiger partial charge is 0.378 e. The average molecular weight is 346 g/mol. The van der Waals surface area contributed by atoms with Crippen molar-refractivity contribution in [2.45, 2.75) is 38.5 Å². The van der Waals surface area contributed by atoms with Gasteiger partial charge in [0.25, 0.3) is 0 Å². The van der Waals surface area contributed by atoms with Crippen LogP contribution in [0, 0.1) is 5.82 Å². The molecule has 1 fully saturated rings. The highest BCUT2D eigenvalue weighted by molar-refractivity contribution is 5.74. The summed E-state index contributed by atoms with van der Waals surface area (Å²) in [7, 11) is 1.61. The molecule has 1 saturated heterocycles. The number of benzene rings is 1. The van der Waals surface area contributed by atoms with Crippen LogP contribution in [0.5, 0.6) is 0 Å². The van der Waals surface area contributed by atoms with Crippen molar-refractivity contribution in [2.24, 2.45) is 0 Å². The number of likely N-dealkylation sites (tertiary alicyclic amines) is 1. The normalized spacial score (nSPS) is 17.5. The molecular formula is C18H23FN4O2. The summed E-state index contributed by atoms with van der Waals surface area (Å²) in [6.07, 6.45) is 2.93. The third-order valence-corrected chi connectivity index (χ3v) is 4.42. The zero-order valence-electron chi connectivity index (χ0n) is 14.3. The van der Waals surface area contributed by atoms with Crippen LogP contribution in [0.15, 0.2) is 30.3 Å². The van der Waals surface area contributed by atoms with E-state index >= 15 is 0 Å². The molecule has 1 aliphatic rings. The number of methoxy groups -OCH3 is 1. The number of amides is 2. The summed E-state index contributed by atoms with van der Waals surface area (Å²) >= 11 is 0. The Morgan fingerprint density at radius 2 is 2.20 bits per heavy atom. The van der Waals surface area contributed by atoms with E-state index in [1.807, 2.05) is 11.0 Å². The van der Waals surface area contributed by atoms with Crippen molar-refractivity contribution in [1.82, 2.24) is 20.4 Å². The number of nitrogens with one attached hydrogen (secondary N) is 2. The summed E-state index contributed by atoms with van der Waals surface area (Å²) in [4.78, 5) is 14.5. The van der Waals surface area contributed by atoms with E-state index in [0.717, 1.165) is 36.2 Å². The van der Waals surface area contributed by atoms with Gasteiger partial charge in [-0.3, -0.25) is 5.10 Å². The number of nitrogens with zero attached hydrogens (tertiary/aromatic N) is 2. The van der Waals surface area contributed by atoms with Gasteiger partial charge < -0.3 is 15.0 Å². The number of halogens is 1. The van der Waals surface area contributed by atoms with Crippen molar-refractivity contribution >= 4 is 6.03 Å². The molecule has 0 radical (unpaired) electrons. The number of piperidine rings is 1. The fraction of sp³-hybridized carbons (Fsp3) is 0.444. The van der Waals surface area contributed by atoms with Crippen molar-refractivity contribution in [3.05, 3.63) is 53.1 Å². The second-order valence-electron chi connectivity index (χ2n) is 6.23. The number of hydrogen-bond acceptors (Lipinski definition) is 3. The quantitative estimate of drug-likeness (QED) is 0.874. The second-order valence-corrected chi connectivity index (χ2v) is 6.23. The topological polar surface area (TPSA) is 70.2 Å². The highest BCUT2D eigenvalue weighted by Crippen LogP contribution is 2.30. The molecule has 0 saturated carbocycles. The van der Waals surface area contributed by atoms with E-state index in [1.165, 1.54) is 12.1 Å². The van der Waals surface area contributed by atoms with E-state index < -0.39 is 0 Å². The molecule has 0 bridgehead atoms. The van der Waals surface area contributed by atoms with E-state index in [1.54, 1.807) is 19.2 Å². The number of aromatic amines is 1. The van der Waals surface area contributed by atoms with Crippen LogP contribution in [0.4, 0.5) is 9.18 Å². The Morgan fingerprint density at radius 1 is 1.40 bits per heavy atom. The van der Waals surface area contributed by atoms with Gasteiger partial charge in [0.05, 0.1) is 30.6 Å². The van der Waals surface area contributed by atoms with E-state index in [2.05, 4.69) is 15.5 Å². The van der Waals surface area contributed by atoms with E-state index in [-0.39, 0.29) is 17.9 Å². The van der Waals surface area contributed by atoms with Crippen LogP contribution in [0.3, 0.4) is 0 Å². The van der Waals surface area contributed by atoms with Crippen molar-refractivity contribution < 1.29 is 13.9 Å². The van der Waals surface area contributed by atoms with Gasteiger partial charge in [0.15, 0.2) is 0 Å². The minimum absolute atomic E-state index is 0.0137. The van der Waals surface area contributed by atoms with Crippen molar-refractivity contribution in [2.75, 3.05) is 13.7 Å². The third kappa shape index (κ3) is 4.36. The van der Waals surface area contributed by atoms with Crippen molar-refractivity contribution in [1.29, 1.82) is 0 Å². The maximum Gasteiger partial charge on any atom is 0.318 e. The predicted molar refractivity (Wildman–Crippen MR) is 91.2 cm³/mol. The van der Waals surface area contributed by atoms with E-state index in [9.17, 15) is 9.18 Å². The van der Waals surface area contributed by atoms with Gasteiger partial charge in [-0.05, 0) is 43.0 Å². The van der Waals surface area contributed by atoms with Gasteiger partial charge in [0.2, 0.25) is 0 Å². The van der Waals surface area contributed by atoms with Gasteiger partial charge in [-0.1, -0.05) is 12.1 Å². The smallest absolute Gasteiger partial charge is 0.318 e. The fourth-order valence-electron chi connectivity index (χ4n) is 3.20. The van der Waals surface area contributed by atoms with Gasteiger partial charge in [0.1, 0.15) is 5.82 Å². The van der Waals surface area contributed by atoms with Gasteiger partial charge in [-0.15, -0.1) is 0 Å². The molecule has 2 N–H and O–H groups in total. The number of carbonyl (C=O) groups is 1. The second kappa shape index (κ2) is 8.11. The maximum atomic E-state index is 13.2. The summed E-state index contributed by atoms with van der Waals surface area (Å²) in [5.74, 6) is -0.262. The van der Waals surface area contributed by atoms with Crippen LogP contribution in [0.25, 0.3) is 0 Å². The summed E-state index contributed by atoms with van der Waals surface area (Å²) in [5, 5.41) is 9.95. The Bertz CT molecular complexity index is 701. The number of hydrogen-bond donors (Lipinski definition) is 2. The molecule has 1 aromatic heterocycles. The lowest BCUT2D eigenvalue weighted by Crippen LogP contribution is -2.44. The Kier molecular flexibility index (Phi) is 5.65. The van der Waals surface area contributed by atoms with Crippen molar-refractivity contribution in [3.63, 3.8) is 0 Å². The SMILES string of the molecule is COCc1cc(CNC(=O)N2CCCCC2c2ccc(F)cc2)[nH]n1. The average Bonchev–Trinajstić information content (AvgIpc) is 3.08. The minimum atomic E-state index is -0.262. The summed E-state index contributed by atoms with van der Waals surface area (Å²) in [6.45, 7) is 1.51. The zero-order chi connectivity index (χ0) is 17.6. The molecule has 25 heavy (non-hydrogen) atoms. The number of rotatable bonds is 5. The number of urea groups is 1. The van der Waals surface area contributed by atoms with Crippen LogP contribution < -0.4 is 5.32 Å². The molecule has 2 aromatic rings. The Morgan fingerprint density at radius 3 is 2.96 bits per heavy atom. The molecule has 2 heterocycles. The summed E-state index contributed by atoms with van der Waals surface area (Å²) < 4.78 is 18.2. The lowest BCUT2D eigenvalue weighted by atomic mass is 9.95. The molecule has 1 unspecified atom stereocenters. The summed E-state index contributed by atoms with van der Waals surface area (Å²) in [6, 6.07) is 8.16. The van der Waals surface area contributed by atoms with Crippen LogP contribution in [-0.4, -0.2) is 34.8 Å². The van der Waals surface area contributed by atoms with Crippen LogP contribution in [-0.2, 0) is 17.9 Å². The molecule has 2 amide bonds. The van der Waals surface area contributed by atoms with Gasteiger partial charge in [-0.25, -0.2) is 9.18 Å². The third-order valence-electron chi connectivity index (χ3n) is 4.42. The highest BCUT2D eigenvalue weighted by Gasteiger charge is 2.27. The number of ether oxygens (including phenoxy) is 1. The van der Waals surface area contributed by atoms with Crippen LogP contribution >= 0.6 is 0 Å². The molecule has 1 aliphatic heterocycles. The van der Waals surface area contributed by atoms with Crippen molar-refractivity contribution in [3.8, 4) is 0 Å². The van der Waals surface area contributed by atoms with E-state index in [0.29, 0.717) is 19.7 Å². The molecule has 7 heteroatoms. The van der Waals surface area contributed by atoms with Gasteiger partial charge in [-0.2, -0.15) is 5.10 Å². The van der Waals surface area contributed by atoms with Gasteiger partial charge in [0, 0.05) is 13.7 Å². The lowest BCUT2D eigenvalue weighted by Gasteiger charge is -2.36. The first-order valence-corrected chi connectivity index (χ1v) is 8.49. The number of H-pyrrole nitrogens is 1. The predicted octanol–water partition coefficient (Wildman–Crippen LogP) is 3.13. The standard InChI is InChI=1S/C18H23FN4O2/c1-25-12-16-10-15(21-22-16)11-20-18(24)23-9-3-2-4-17(23)13-5-7-14(19)8-6-13/h5-8,10,17H,2-4,9,11-12H2,1H3,(H,20,24)(H,21,22). The molecular weight excluding hydrogens is 323 g/mol. The first kappa shape index (κ1) is 17.4. The number of aromatic nitrogens is 2. The Hall–Kier alpha value is -2.41. The number of carbonyl (C=O) groups excluding carboxylic acids is 1. The monoisotopic (exact) mass is 346 g/mol. The highest BCUT2D eigenvalue weighted by atomic mass is 19.1. The molecule has 1 atom stereocenters. The van der Waals surface area contributed by atoms with Crippen LogP contribution in [0.2, 0.25) is 0 Å². The minimum Gasteiger partial charge on any atom is -0.378 e. The van der Waals surface area contributed by atoms with E-state index in [4.69, 9.17) is 4.74 Å². The Labute approximate surface area is 146 Å². The fourth-order valence-corrected chi connectivity index (χ4v) is 3.20. The molecule has 6 nitrogen and oxygen atoms in total. The molecule has 3 rings (SSSR count). The first-order valence-electron chi connectivity index (χ1n) is 8.49. The molecule has 134 valence electrons. The first-order chi connectivity index (χ1) is 12.2. The Balaban J connectivity index is 1.63. The lowest BCUT2D eigenvalue weighted by molar-refractivity contribution is 0.151. The molecule has 0 aliphatic carbocycles. The zero-order valence-corrected chi connectivity index (χ0v) is 14.3. The molecule has 1 aromatic carbocycles. The maximum absolute atomic E-state index is 13.2. The van der Waals surface area contributed by atoms with Gasteiger partial charge >= 0.3 is 6.03 Å². The molecule has 0 spiro atoms.